The lowest BCUT2D eigenvalue weighted by molar-refractivity contribution is 1.26. The number of alkyl halides is 1. The number of hydrogen-bond donors (Lipinski definition) is 0. The lowest BCUT2D eigenvalue weighted by Gasteiger charge is -2.03. The van der Waals surface area contributed by atoms with Crippen LogP contribution in [0.3, 0.4) is 0 Å². The van der Waals surface area contributed by atoms with Crippen LogP contribution >= 0.6 is 39.3 Å². The molecule has 2 rings (SSSR count). The second-order valence-corrected chi connectivity index (χ2v) is 5.30. The van der Waals surface area contributed by atoms with Gasteiger partial charge in [-0.05, 0) is 28.1 Å². The summed E-state index contributed by atoms with van der Waals surface area (Å²) in [6.45, 7) is 0. The molecule has 0 aliphatic rings. The van der Waals surface area contributed by atoms with E-state index in [1.54, 1.807) is 24.2 Å². The van der Waals surface area contributed by atoms with E-state index < -0.39 is 0 Å². The van der Waals surface area contributed by atoms with Crippen LogP contribution < -0.4 is 0 Å². The van der Waals surface area contributed by atoms with Crippen LogP contribution in [0.15, 0.2) is 33.9 Å². The van der Waals surface area contributed by atoms with Gasteiger partial charge in [-0.25, -0.2) is 0 Å². The van der Waals surface area contributed by atoms with Crippen LogP contribution in [0.1, 0.15) is 0 Å². The molecule has 0 saturated heterocycles. The average molecular weight is 304 g/mol. The normalized spacial score (nSPS) is 10.8. The maximum atomic E-state index is 5.66. The molecule has 0 aliphatic heterocycles. The minimum Gasteiger partial charge on any atom is -0.254 e. The molecule has 2 aromatic rings. The highest BCUT2D eigenvalue weighted by Crippen LogP contribution is 2.26. The molecule has 0 bridgehead atoms. The van der Waals surface area contributed by atoms with Gasteiger partial charge in [0.15, 0.2) is 0 Å². The number of nitrogens with zero attached hydrogens (tertiary/aromatic N) is 2. The van der Waals surface area contributed by atoms with Gasteiger partial charge in [0.25, 0.3) is 0 Å². The number of pyridine rings is 2. The van der Waals surface area contributed by atoms with Crippen LogP contribution in [-0.4, -0.2) is 21.6 Å². The number of fused-ring (bicyclic) bond motifs is 1. The standard InChI is InChI=1S/C10H8BrClN2S/c11-7-5-8-10(14-6-7)9(1-3-13-8)15-4-2-12/h1,3,5-6H,2,4H2. The largest absolute Gasteiger partial charge is 0.254 e. The summed E-state index contributed by atoms with van der Waals surface area (Å²) in [6, 6.07) is 3.94. The maximum absolute atomic E-state index is 5.66. The molecule has 15 heavy (non-hydrogen) atoms. The molecule has 0 aromatic carbocycles. The summed E-state index contributed by atoms with van der Waals surface area (Å²) in [6.07, 6.45) is 3.59. The Kier molecular flexibility index (Phi) is 3.83. The first kappa shape index (κ1) is 11.2. The summed E-state index contributed by atoms with van der Waals surface area (Å²) in [5.41, 5.74) is 1.85. The molecule has 2 heterocycles. The fourth-order valence-corrected chi connectivity index (χ4v) is 2.54. The van der Waals surface area contributed by atoms with Gasteiger partial charge in [0, 0.05) is 33.4 Å². The van der Waals surface area contributed by atoms with Crippen LogP contribution in [0.2, 0.25) is 0 Å². The highest BCUT2D eigenvalue weighted by Gasteiger charge is 2.03. The highest BCUT2D eigenvalue weighted by atomic mass is 79.9. The Balaban J connectivity index is 2.46. The smallest absolute Gasteiger partial charge is 0.102 e. The van der Waals surface area contributed by atoms with Crippen molar-refractivity contribution in [2.75, 3.05) is 11.6 Å². The fraction of sp³-hybridized carbons (Fsp3) is 0.200. The first-order valence-electron chi connectivity index (χ1n) is 4.40. The van der Waals surface area contributed by atoms with Gasteiger partial charge in [0.05, 0.1) is 5.52 Å². The van der Waals surface area contributed by atoms with Crippen LogP contribution in [-0.2, 0) is 0 Å². The number of thioether (sulfide) groups is 1. The van der Waals surface area contributed by atoms with Gasteiger partial charge in [-0.15, -0.1) is 23.4 Å². The third kappa shape index (κ3) is 2.62. The second kappa shape index (κ2) is 5.14. The Bertz CT molecular complexity index is 478. The van der Waals surface area contributed by atoms with Gasteiger partial charge in [-0.3, -0.25) is 9.97 Å². The quantitative estimate of drug-likeness (QED) is 0.638. The van der Waals surface area contributed by atoms with E-state index in [-0.39, 0.29) is 0 Å². The number of aromatic nitrogens is 2. The Labute approximate surface area is 106 Å². The van der Waals surface area contributed by atoms with Crippen molar-refractivity contribution in [2.45, 2.75) is 4.90 Å². The van der Waals surface area contributed by atoms with E-state index in [0.717, 1.165) is 26.2 Å². The van der Waals surface area contributed by atoms with E-state index in [9.17, 15) is 0 Å². The zero-order valence-corrected chi connectivity index (χ0v) is 10.9. The average Bonchev–Trinajstić information content (AvgIpc) is 2.25. The van der Waals surface area contributed by atoms with Crippen LogP contribution in [0, 0.1) is 0 Å². The zero-order chi connectivity index (χ0) is 10.7. The molecular weight excluding hydrogens is 296 g/mol. The maximum Gasteiger partial charge on any atom is 0.102 e. The van der Waals surface area contributed by atoms with Gasteiger partial charge in [-0.1, -0.05) is 0 Å². The summed E-state index contributed by atoms with van der Waals surface area (Å²) >= 11 is 10.7. The Morgan fingerprint density at radius 1 is 1.40 bits per heavy atom. The summed E-state index contributed by atoms with van der Waals surface area (Å²) in [7, 11) is 0. The van der Waals surface area contributed by atoms with E-state index >= 15 is 0 Å². The molecule has 5 heteroatoms. The molecule has 0 N–H and O–H groups in total. The van der Waals surface area contributed by atoms with Crippen LogP contribution in [0.4, 0.5) is 0 Å². The Morgan fingerprint density at radius 3 is 3.07 bits per heavy atom. The molecule has 2 nitrogen and oxygen atoms in total. The van der Waals surface area contributed by atoms with E-state index in [1.807, 2.05) is 12.1 Å². The van der Waals surface area contributed by atoms with E-state index in [2.05, 4.69) is 25.9 Å². The summed E-state index contributed by atoms with van der Waals surface area (Å²) in [5.74, 6) is 1.53. The fourth-order valence-electron chi connectivity index (χ4n) is 1.25. The molecule has 0 amide bonds. The lowest BCUT2D eigenvalue weighted by Crippen LogP contribution is -1.87. The molecule has 0 fully saturated rings. The number of hydrogen-bond acceptors (Lipinski definition) is 3. The minimum absolute atomic E-state index is 0.644. The molecular formula is C10H8BrClN2S. The monoisotopic (exact) mass is 302 g/mol. The molecule has 0 aliphatic carbocycles. The minimum atomic E-state index is 0.644. The summed E-state index contributed by atoms with van der Waals surface area (Å²) in [4.78, 5) is 9.76. The molecule has 0 radical (unpaired) electrons. The van der Waals surface area contributed by atoms with Gasteiger partial charge in [0.1, 0.15) is 5.52 Å². The van der Waals surface area contributed by atoms with Crippen molar-refractivity contribution in [1.29, 1.82) is 0 Å². The summed E-state index contributed by atoms with van der Waals surface area (Å²) < 4.78 is 0.946. The van der Waals surface area contributed by atoms with E-state index in [4.69, 9.17) is 11.6 Å². The molecule has 0 spiro atoms. The molecule has 0 atom stereocenters. The third-order valence-corrected chi connectivity index (χ3v) is 3.74. The van der Waals surface area contributed by atoms with E-state index in [0.29, 0.717) is 5.88 Å². The topological polar surface area (TPSA) is 25.8 Å². The Morgan fingerprint density at radius 2 is 2.27 bits per heavy atom. The second-order valence-electron chi connectivity index (χ2n) is 2.87. The van der Waals surface area contributed by atoms with Crippen molar-refractivity contribution in [3.05, 3.63) is 29.0 Å². The van der Waals surface area contributed by atoms with Crippen molar-refractivity contribution in [3.8, 4) is 0 Å². The Hall–Kier alpha value is -0.320. The first-order chi connectivity index (χ1) is 7.31. The van der Waals surface area contributed by atoms with Gasteiger partial charge in [0.2, 0.25) is 0 Å². The van der Waals surface area contributed by atoms with Crippen molar-refractivity contribution in [3.63, 3.8) is 0 Å². The van der Waals surface area contributed by atoms with Crippen LogP contribution in [0.5, 0.6) is 0 Å². The number of rotatable bonds is 3. The van der Waals surface area contributed by atoms with Crippen molar-refractivity contribution in [2.24, 2.45) is 0 Å². The number of halogens is 2. The molecule has 0 saturated carbocycles. The van der Waals surface area contributed by atoms with Crippen molar-refractivity contribution in [1.82, 2.24) is 9.97 Å². The van der Waals surface area contributed by atoms with Gasteiger partial charge >= 0.3 is 0 Å². The van der Waals surface area contributed by atoms with Crippen molar-refractivity contribution < 1.29 is 0 Å². The lowest BCUT2D eigenvalue weighted by atomic mass is 10.3. The third-order valence-electron chi connectivity index (χ3n) is 1.84. The molecule has 0 unspecified atom stereocenters. The molecule has 78 valence electrons. The zero-order valence-electron chi connectivity index (χ0n) is 7.78. The predicted octanol–water partition coefficient (Wildman–Crippen LogP) is 3.72. The summed E-state index contributed by atoms with van der Waals surface area (Å²) in [5, 5.41) is 0. The van der Waals surface area contributed by atoms with E-state index in [1.165, 1.54) is 0 Å². The SMILES string of the molecule is ClCCSc1ccnc2cc(Br)cnc12. The van der Waals surface area contributed by atoms with Gasteiger partial charge in [-0.2, -0.15) is 0 Å². The van der Waals surface area contributed by atoms with Crippen LogP contribution in [0.25, 0.3) is 11.0 Å². The van der Waals surface area contributed by atoms with Crippen molar-refractivity contribution >= 4 is 50.3 Å². The highest BCUT2D eigenvalue weighted by molar-refractivity contribution is 9.10. The first-order valence-corrected chi connectivity index (χ1v) is 6.71. The van der Waals surface area contributed by atoms with Gasteiger partial charge < -0.3 is 0 Å². The predicted molar refractivity (Wildman–Crippen MR) is 68.7 cm³/mol. The molecule has 2 aromatic heterocycles.